The number of hydrogen-bond acceptors (Lipinski definition) is 5. The van der Waals surface area contributed by atoms with Gasteiger partial charge in [0.25, 0.3) is 11.8 Å². The van der Waals surface area contributed by atoms with Crippen molar-refractivity contribution in [2.75, 3.05) is 0 Å². The first-order valence-electron chi connectivity index (χ1n) is 5.62. The summed E-state index contributed by atoms with van der Waals surface area (Å²) in [6.07, 6.45) is 0. The topological polar surface area (TPSA) is 88.1 Å². The van der Waals surface area contributed by atoms with Crippen LogP contribution in [0.3, 0.4) is 0 Å². The summed E-state index contributed by atoms with van der Waals surface area (Å²) in [4.78, 5) is 28.3. The minimum Gasteiger partial charge on any atom is -0.376 e. The minimum absolute atomic E-state index is 0.213. The van der Waals surface area contributed by atoms with Crippen LogP contribution in [0.4, 0.5) is 0 Å². The Morgan fingerprint density at radius 2 is 2.05 bits per heavy atom. The van der Waals surface area contributed by atoms with Crippen molar-refractivity contribution in [2.24, 2.45) is 15.8 Å². The van der Waals surface area contributed by atoms with Crippen LogP contribution in [0.5, 0.6) is 0 Å². The lowest BCUT2D eigenvalue weighted by atomic mass is 9.92. The molecule has 3 rings (SSSR count). The molecule has 2 aliphatic heterocycles. The Hall–Kier alpha value is -2.15. The van der Waals surface area contributed by atoms with Gasteiger partial charge in [0.05, 0.1) is 0 Å². The second-order valence-corrected chi connectivity index (χ2v) is 5.20. The maximum Gasteiger partial charge on any atom is 0.266 e. The Labute approximate surface area is 113 Å². The smallest absolute Gasteiger partial charge is 0.266 e. The quantitative estimate of drug-likeness (QED) is 0.766. The monoisotopic (exact) mass is 274 g/mol. The van der Waals surface area contributed by atoms with Crippen molar-refractivity contribution in [3.8, 4) is 0 Å². The summed E-state index contributed by atoms with van der Waals surface area (Å²) in [7, 11) is 0. The number of amidine groups is 2. The van der Waals surface area contributed by atoms with Crippen molar-refractivity contribution in [2.45, 2.75) is 12.8 Å². The van der Waals surface area contributed by atoms with Gasteiger partial charge in [0, 0.05) is 0 Å². The summed E-state index contributed by atoms with van der Waals surface area (Å²) in [5, 5.41) is 5.45. The van der Waals surface area contributed by atoms with E-state index < -0.39 is 17.7 Å². The number of hydrogen-bond donors (Lipinski definition) is 1. The van der Waals surface area contributed by atoms with Gasteiger partial charge >= 0.3 is 0 Å². The lowest BCUT2D eigenvalue weighted by molar-refractivity contribution is -0.135. The van der Waals surface area contributed by atoms with Crippen LogP contribution in [-0.4, -0.2) is 27.2 Å². The average molecular weight is 274 g/mol. The van der Waals surface area contributed by atoms with Crippen molar-refractivity contribution in [3.05, 3.63) is 35.4 Å². The third-order valence-electron chi connectivity index (χ3n) is 2.98. The second kappa shape index (κ2) is 4.20. The number of carbonyl (C=O) groups is 2. The van der Waals surface area contributed by atoms with Crippen LogP contribution in [0.25, 0.3) is 0 Å². The molecule has 2 heterocycles. The van der Waals surface area contributed by atoms with Crippen LogP contribution in [0.2, 0.25) is 0 Å². The lowest BCUT2D eigenvalue weighted by Gasteiger charge is -2.23. The van der Waals surface area contributed by atoms with Crippen molar-refractivity contribution < 1.29 is 9.59 Å². The number of amides is 2. The molecule has 7 heteroatoms. The van der Waals surface area contributed by atoms with E-state index in [1.54, 1.807) is 12.1 Å². The molecule has 2 amide bonds. The van der Waals surface area contributed by atoms with E-state index in [1.165, 1.54) is 0 Å². The molecule has 0 aliphatic carbocycles. The summed E-state index contributed by atoms with van der Waals surface area (Å²) in [6, 6.07) is 7.25. The van der Waals surface area contributed by atoms with E-state index in [9.17, 15) is 9.59 Å². The Balaban J connectivity index is 2.07. The number of aryl methyl sites for hydroxylation is 1. The van der Waals surface area contributed by atoms with E-state index in [1.807, 2.05) is 19.1 Å². The summed E-state index contributed by atoms with van der Waals surface area (Å²) < 4.78 is 0. The van der Waals surface area contributed by atoms with Crippen molar-refractivity contribution >= 4 is 33.9 Å². The van der Waals surface area contributed by atoms with Gasteiger partial charge in [0.15, 0.2) is 5.17 Å². The van der Waals surface area contributed by atoms with Gasteiger partial charge in [0.1, 0.15) is 5.92 Å². The molecule has 0 aromatic heterocycles. The van der Waals surface area contributed by atoms with Crippen LogP contribution in [-0.2, 0) is 9.59 Å². The zero-order valence-corrected chi connectivity index (χ0v) is 10.8. The largest absolute Gasteiger partial charge is 0.376 e. The first-order valence-corrected chi connectivity index (χ1v) is 6.43. The Bertz CT molecular complexity index is 653. The molecule has 0 fully saturated rings. The molecule has 6 nitrogen and oxygen atoms in total. The fraction of sp³-hybridized carbons (Fsp3) is 0.167. The summed E-state index contributed by atoms with van der Waals surface area (Å²) in [6.45, 7) is 1.85. The standard InChI is InChI=1S/C12H10N4O2S/c1-6-4-2-3-5-7(6)8-9(17)14-12-16(10(8)18)15-11(13)19-12/h2-5,8H,1H3,(H2,13,15). The third kappa shape index (κ3) is 1.82. The zero-order chi connectivity index (χ0) is 13.6. The molecular formula is C12H10N4O2S. The molecule has 0 saturated heterocycles. The maximum absolute atomic E-state index is 12.4. The van der Waals surface area contributed by atoms with E-state index in [-0.39, 0.29) is 10.3 Å². The predicted molar refractivity (Wildman–Crippen MR) is 72.4 cm³/mol. The number of nitrogens with two attached hydrogens (primary N) is 1. The summed E-state index contributed by atoms with van der Waals surface area (Å²) >= 11 is 1.02. The van der Waals surface area contributed by atoms with Gasteiger partial charge in [-0.2, -0.15) is 10.0 Å². The molecule has 2 N–H and O–H groups in total. The highest BCUT2D eigenvalue weighted by Gasteiger charge is 2.42. The molecule has 1 atom stereocenters. The highest BCUT2D eigenvalue weighted by molar-refractivity contribution is 8.26. The van der Waals surface area contributed by atoms with E-state index in [0.717, 1.165) is 22.3 Å². The van der Waals surface area contributed by atoms with Gasteiger partial charge in [-0.1, -0.05) is 24.3 Å². The fourth-order valence-corrected chi connectivity index (χ4v) is 2.74. The average Bonchev–Trinajstić information content (AvgIpc) is 2.72. The van der Waals surface area contributed by atoms with Gasteiger partial charge in [-0.15, -0.1) is 5.10 Å². The van der Waals surface area contributed by atoms with Crippen LogP contribution in [0.15, 0.2) is 34.4 Å². The Kier molecular flexibility index (Phi) is 2.63. The fourth-order valence-electron chi connectivity index (χ4n) is 2.08. The van der Waals surface area contributed by atoms with Crippen molar-refractivity contribution in [1.29, 1.82) is 0 Å². The number of nitrogens with zero attached hydrogens (tertiary/aromatic N) is 3. The molecule has 96 valence electrons. The lowest BCUT2D eigenvalue weighted by Crippen LogP contribution is -2.40. The van der Waals surface area contributed by atoms with Gasteiger partial charge in [-0.3, -0.25) is 9.59 Å². The van der Waals surface area contributed by atoms with Crippen LogP contribution >= 0.6 is 11.8 Å². The number of rotatable bonds is 1. The third-order valence-corrected chi connectivity index (χ3v) is 3.72. The van der Waals surface area contributed by atoms with Crippen LogP contribution in [0.1, 0.15) is 17.0 Å². The summed E-state index contributed by atoms with van der Waals surface area (Å²) in [5.41, 5.74) is 7.07. The molecule has 1 aromatic carbocycles. The highest BCUT2D eigenvalue weighted by Crippen LogP contribution is 2.31. The van der Waals surface area contributed by atoms with Crippen LogP contribution < -0.4 is 5.73 Å². The molecule has 1 unspecified atom stereocenters. The second-order valence-electron chi connectivity index (χ2n) is 4.21. The number of aliphatic imine (C=N–C) groups is 1. The summed E-state index contributed by atoms with van der Waals surface area (Å²) in [5.74, 6) is -1.81. The van der Waals surface area contributed by atoms with Gasteiger partial charge in [-0.25, -0.2) is 0 Å². The van der Waals surface area contributed by atoms with E-state index in [4.69, 9.17) is 5.73 Å². The molecule has 0 bridgehead atoms. The van der Waals surface area contributed by atoms with Crippen molar-refractivity contribution in [1.82, 2.24) is 5.01 Å². The first-order chi connectivity index (χ1) is 9.08. The van der Waals surface area contributed by atoms with E-state index in [2.05, 4.69) is 10.1 Å². The number of thioether (sulfide) groups is 1. The van der Waals surface area contributed by atoms with Gasteiger partial charge in [-0.05, 0) is 29.8 Å². The van der Waals surface area contributed by atoms with Crippen LogP contribution in [0, 0.1) is 6.92 Å². The number of carbonyl (C=O) groups excluding carboxylic acids is 2. The first kappa shape index (κ1) is 11.9. The molecule has 2 aliphatic rings. The molecular weight excluding hydrogens is 264 g/mol. The number of fused-ring (bicyclic) bond motifs is 1. The number of hydrazone groups is 1. The normalized spacial score (nSPS) is 22.2. The minimum atomic E-state index is -0.930. The Morgan fingerprint density at radius 3 is 2.79 bits per heavy atom. The SMILES string of the molecule is Cc1ccccc1C1C(=O)N=C2SC(N)=NN2C1=O. The zero-order valence-electron chi connectivity index (χ0n) is 10.0. The van der Waals surface area contributed by atoms with Crippen molar-refractivity contribution in [3.63, 3.8) is 0 Å². The van der Waals surface area contributed by atoms with E-state index in [0.29, 0.717) is 5.56 Å². The van der Waals surface area contributed by atoms with Gasteiger partial charge in [0.2, 0.25) is 5.17 Å². The van der Waals surface area contributed by atoms with Gasteiger partial charge < -0.3 is 5.73 Å². The molecule has 19 heavy (non-hydrogen) atoms. The Morgan fingerprint density at radius 1 is 1.32 bits per heavy atom. The van der Waals surface area contributed by atoms with E-state index >= 15 is 0 Å². The predicted octanol–water partition coefficient (Wildman–Crippen LogP) is 0.780. The molecule has 0 spiro atoms. The molecule has 0 radical (unpaired) electrons. The number of benzene rings is 1. The molecule has 1 aromatic rings. The maximum atomic E-state index is 12.4. The highest BCUT2D eigenvalue weighted by atomic mass is 32.2. The molecule has 0 saturated carbocycles.